The Kier molecular flexibility index (Phi) is 2.86. The Hall–Kier alpha value is -2.07. The molecule has 3 aromatic rings. The lowest BCUT2D eigenvalue weighted by Gasteiger charge is -2.01. The summed E-state index contributed by atoms with van der Waals surface area (Å²) in [4.78, 5) is 13.4. The van der Waals surface area contributed by atoms with E-state index in [9.17, 15) is 0 Å². The van der Waals surface area contributed by atoms with Gasteiger partial charge in [-0.25, -0.2) is 9.97 Å². The molecule has 3 rings (SSSR count). The number of pyridine rings is 2. The Morgan fingerprint density at radius 2 is 1.72 bits per heavy atom. The Balaban J connectivity index is 2.05. The maximum absolute atomic E-state index is 4.61. The van der Waals surface area contributed by atoms with E-state index in [1.165, 1.54) is 0 Å². The minimum absolute atomic E-state index is 0.876. The Morgan fingerprint density at radius 3 is 2.44 bits per heavy atom. The first-order valence-corrected chi connectivity index (χ1v) is 6.52. The summed E-state index contributed by atoms with van der Waals surface area (Å²) in [6.07, 6.45) is 1.78. The molecule has 0 aromatic carbocycles. The van der Waals surface area contributed by atoms with Gasteiger partial charge in [-0.3, -0.25) is 4.98 Å². The Morgan fingerprint density at radius 1 is 0.889 bits per heavy atom. The molecule has 0 aliphatic heterocycles. The van der Waals surface area contributed by atoms with Gasteiger partial charge >= 0.3 is 0 Å². The molecule has 0 saturated heterocycles. The third-order valence-electron chi connectivity index (χ3n) is 2.51. The molecule has 0 saturated carbocycles. The van der Waals surface area contributed by atoms with E-state index in [4.69, 9.17) is 0 Å². The van der Waals surface area contributed by atoms with Crippen molar-refractivity contribution in [3.05, 3.63) is 53.7 Å². The Labute approximate surface area is 109 Å². The van der Waals surface area contributed by atoms with Crippen LogP contribution in [0, 0.1) is 6.92 Å². The third kappa shape index (κ3) is 2.15. The lowest BCUT2D eigenvalue weighted by molar-refractivity contribution is 1.21. The first-order chi connectivity index (χ1) is 8.83. The van der Waals surface area contributed by atoms with Crippen LogP contribution in [0.4, 0.5) is 0 Å². The van der Waals surface area contributed by atoms with E-state index in [2.05, 4.69) is 15.0 Å². The van der Waals surface area contributed by atoms with Gasteiger partial charge in [0.25, 0.3) is 0 Å². The number of nitrogens with zero attached hydrogens (tertiary/aromatic N) is 3. The molecule has 3 nitrogen and oxygen atoms in total. The van der Waals surface area contributed by atoms with Gasteiger partial charge in [-0.2, -0.15) is 0 Å². The standard InChI is InChI=1S/C14H11N3S/c1-10-9-18-14(16-10)13-7-4-6-12(17-13)11-5-2-3-8-15-11/h2-9H,1H3. The van der Waals surface area contributed by atoms with Crippen molar-refractivity contribution in [1.29, 1.82) is 0 Å². The van der Waals surface area contributed by atoms with Crippen molar-refractivity contribution in [3.63, 3.8) is 0 Å². The molecule has 4 heteroatoms. The maximum atomic E-state index is 4.61. The van der Waals surface area contributed by atoms with Gasteiger partial charge in [-0.05, 0) is 31.2 Å². The van der Waals surface area contributed by atoms with Crippen LogP contribution in [0.25, 0.3) is 22.1 Å². The van der Waals surface area contributed by atoms with E-state index in [1.54, 1.807) is 17.5 Å². The molecule has 0 atom stereocenters. The van der Waals surface area contributed by atoms with Crippen molar-refractivity contribution >= 4 is 11.3 Å². The van der Waals surface area contributed by atoms with Gasteiger partial charge in [0.2, 0.25) is 0 Å². The van der Waals surface area contributed by atoms with Gasteiger partial charge in [0.05, 0.1) is 17.1 Å². The van der Waals surface area contributed by atoms with Crippen molar-refractivity contribution in [3.8, 4) is 22.1 Å². The van der Waals surface area contributed by atoms with E-state index < -0.39 is 0 Å². The molecule has 0 bridgehead atoms. The lowest BCUT2D eigenvalue weighted by Crippen LogP contribution is -1.89. The fourth-order valence-electron chi connectivity index (χ4n) is 1.68. The third-order valence-corrected chi connectivity index (χ3v) is 3.50. The number of hydrogen-bond donors (Lipinski definition) is 0. The smallest absolute Gasteiger partial charge is 0.142 e. The summed E-state index contributed by atoms with van der Waals surface area (Å²) in [6.45, 7) is 1.99. The average Bonchev–Trinajstić information content (AvgIpc) is 2.87. The van der Waals surface area contributed by atoms with Crippen LogP contribution in [0.3, 0.4) is 0 Å². The molecule has 0 aliphatic rings. The molecule has 0 radical (unpaired) electrons. The molecular weight excluding hydrogens is 242 g/mol. The summed E-state index contributed by atoms with van der Waals surface area (Å²) in [6, 6.07) is 11.8. The van der Waals surface area contributed by atoms with Crippen molar-refractivity contribution in [2.45, 2.75) is 6.92 Å². The quantitative estimate of drug-likeness (QED) is 0.700. The molecule has 0 N–H and O–H groups in total. The van der Waals surface area contributed by atoms with Crippen molar-refractivity contribution < 1.29 is 0 Å². The summed E-state index contributed by atoms with van der Waals surface area (Å²) in [5.74, 6) is 0. The molecule has 0 unspecified atom stereocenters. The number of aryl methyl sites for hydroxylation is 1. The number of rotatable bonds is 2. The first-order valence-electron chi connectivity index (χ1n) is 5.64. The fraction of sp³-hybridized carbons (Fsp3) is 0.0714. The Bertz CT molecular complexity index is 662. The maximum Gasteiger partial charge on any atom is 0.142 e. The molecule has 18 heavy (non-hydrogen) atoms. The summed E-state index contributed by atoms with van der Waals surface area (Å²) in [5, 5.41) is 2.98. The van der Waals surface area contributed by atoms with Crippen LogP contribution in [0.1, 0.15) is 5.69 Å². The molecule has 0 spiro atoms. The van der Waals surface area contributed by atoms with E-state index in [0.717, 1.165) is 27.8 Å². The molecule has 3 heterocycles. The largest absolute Gasteiger partial charge is 0.255 e. The highest BCUT2D eigenvalue weighted by Gasteiger charge is 2.06. The molecule has 0 fully saturated rings. The lowest BCUT2D eigenvalue weighted by atomic mass is 10.2. The second-order valence-corrected chi connectivity index (χ2v) is 4.78. The zero-order chi connectivity index (χ0) is 12.4. The molecule has 88 valence electrons. The molecule has 3 aromatic heterocycles. The van der Waals surface area contributed by atoms with E-state index in [1.807, 2.05) is 48.7 Å². The molecular formula is C14H11N3S. The van der Waals surface area contributed by atoms with Crippen LogP contribution >= 0.6 is 11.3 Å². The summed E-state index contributed by atoms with van der Waals surface area (Å²) in [5.41, 5.74) is 3.69. The number of aromatic nitrogens is 3. The van der Waals surface area contributed by atoms with Gasteiger partial charge in [0.1, 0.15) is 5.01 Å². The van der Waals surface area contributed by atoms with Crippen molar-refractivity contribution in [2.75, 3.05) is 0 Å². The van der Waals surface area contributed by atoms with Gasteiger partial charge in [-0.15, -0.1) is 11.3 Å². The van der Waals surface area contributed by atoms with Crippen LogP contribution in [0.5, 0.6) is 0 Å². The molecule has 0 amide bonds. The number of thiazole rings is 1. The fourth-order valence-corrected chi connectivity index (χ4v) is 2.45. The molecule has 0 aliphatic carbocycles. The van der Waals surface area contributed by atoms with Crippen LogP contribution in [0.15, 0.2) is 48.0 Å². The minimum atomic E-state index is 0.876. The summed E-state index contributed by atoms with van der Waals surface area (Å²) < 4.78 is 0. The zero-order valence-electron chi connectivity index (χ0n) is 9.87. The first kappa shape index (κ1) is 11.0. The number of hydrogen-bond acceptors (Lipinski definition) is 4. The highest BCUT2D eigenvalue weighted by atomic mass is 32.1. The predicted octanol–water partition coefficient (Wildman–Crippen LogP) is 3.58. The minimum Gasteiger partial charge on any atom is -0.255 e. The van der Waals surface area contributed by atoms with Gasteiger partial charge in [-0.1, -0.05) is 12.1 Å². The highest BCUT2D eigenvalue weighted by Crippen LogP contribution is 2.24. The van der Waals surface area contributed by atoms with E-state index >= 15 is 0 Å². The van der Waals surface area contributed by atoms with Crippen molar-refractivity contribution in [1.82, 2.24) is 15.0 Å². The monoisotopic (exact) mass is 253 g/mol. The predicted molar refractivity (Wildman–Crippen MR) is 73.3 cm³/mol. The van der Waals surface area contributed by atoms with Crippen LogP contribution in [-0.2, 0) is 0 Å². The normalized spacial score (nSPS) is 10.5. The van der Waals surface area contributed by atoms with Crippen molar-refractivity contribution in [2.24, 2.45) is 0 Å². The summed E-state index contributed by atoms with van der Waals surface area (Å²) in [7, 11) is 0. The zero-order valence-corrected chi connectivity index (χ0v) is 10.7. The van der Waals surface area contributed by atoms with Crippen LogP contribution in [-0.4, -0.2) is 15.0 Å². The SMILES string of the molecule is Cc1csc(-c2cccc(-c3ccccn3)n2)n1. The van der Waals surface area contributed by atoms with Crippen LogP contribution in [0.2, 0.25) is 0 Å². The summed E-state index contributed by atoms with van der Waals surface area (Å²) >= 11 is 1.61. The highest BCUT2D eigenvalue weighted by molar-refractivity contribution is 7.13. The van der Waals surface area contributed by atoms with Crippen LogP contribution < -0.4 is 0 Å². The topological polar surface area (TPSA) is 38.7 Å². The van der Waals surface area contributed by atoms with Gasteiger partial charge in [0, 0.05) is 17.3 Å². The second kappa shape index (κ2) is 4.66. The van der Waals surface area contributed by atoms with E-state index in [-0.39, 0.29) is 0 Å². The van der Waals surface area contributed by atoms with Gasteiger partial charge < -0.3 is 0 Å². The second-order valence-electron chi connectivity index (χ2n) is 3.92. The van der Waals surface area contributed by atoms with E-state index in [0.29, 0.717) is 0 Å². The van der Waals surface area contributed by atoms with Gasteiger partial charge in [0.15, 0.2) is 0 Å². The average molecular weight is 253 g/mol.